The van der Waals surface area contributed by atoms with E-state index in [0.717, 1.165) is 31.1 Å². The van der Waals surface area contributed by atoms with Gasteiger partial charge in [-0.3, -0.25) is 0 Å². The molecule has 2 rings (SSSR count). The smallest absolute Gasteiger partial charge is 0.133 e. The van der Waals surface area contributed by atoms with E-state index in [2.05, 4.69) is 40.9 Å². The third-order valence-electron chi connectivity index (χ3n) is 4.14. The Balaban J connectivity index is 2.08. The molecule has 0 bridgehead atoms. The summed E-state index contributed by atoms with van der Waals surface area (Å²) in [5, 5.41) is 12.1. The summed E-state index contributed by atoms with van der Waals surface area (Å²) in [4.78, 5) is 0. The fourth-order valence-electron chi connectivity index (χ4n) is 2.86. The average Bonchev–Trinajstić information content (AvgIpc) is 2.58. The van der Waals surface area contributed by atoms with E-state index in [0.29, 0.717) is 6.04 Å². The molecular weight excluding hydrogens is 224 g/mol. The predicted molar refractivity (Wildman–Crippen MR) is 73.7 cm³/mol. The molecule has 0 amide bonds. The van der Waals surface area contributed by atoms with Crippen molar-refractivity contribution in [3.05, 3.63) is 11.6 Å². The van der Waals surface area contributed by atoms with E-state index in [9.17, 15) is 0 Å². The average molecular weight is 250 g/mol. The fourth-order valence-corrected chi connectivity index (χ4v) is 2.86. The van der Waals surface area contributed by atoms with Crippen LogP contribution in [0.15, 0.2) is 0 Å². The summed E-state index contributed by atoms with van der Waals surface area (Å²) in [6.45, 7) is 8.88. The topological polar surface area (TPSA) is 42.7 Å². The normalized spacial score (nSPS) is 22.7. The van der Waals surface area contributed by atoms with E-state index in [1.165, 1.54) is 31.6 Å². The van der Waals surface area contributed by atoms with Gasteiger partial charge in [0.1, 0.15) is 11.6 Å². The van der Waals surface area contributed by atoms with Crippen molar-refractivity contribution < 1.29 is 0 Å². The van der Waals surface area contributed by atoms with Crippen molar-refractivity contribution in [2.45, 2.75) is 58.9 Å². The first-order valence-corrected chi connectivity index (χ1v) is 7.33. The molecule has 0 radical (unpaired) electrons. The Bertz CT molecular complexity index is 364. The Morgan fingerprint density at radius 2 is 2.17 bits per heavy atom. The summed E-state index contributed by atoms with van der Waals surface area (Å²) >= 11 is 0. The van der Waals surface area contributed by atoms with E-state index in [-0.39, 0.29) is 0 Å². The highest BCUT2D eigenvalue weighted by molar-refractivity contribution is 4.98. The minimum atomic E-state index is 0.513. The molecule has 2 atom stereocenters. The maximum Gasteiger partial charge on any atom is 0.133 e. The number of nitrogens with zero attached hydrogens (tertiary/aromatic N) is 3. The van der Waals surface area contributed by atoms with Gasteiger partial charge in [0.05, 0.1) is 0 Å². The molecule has 1 fully saturated rings. The van der Waals surface area contributed by atoms with Crippen molar-refractivity contribution in [2.24, 2.45) is 5.92 Å². The van der Waals surface area contributed by atoms with Gasteiger partial charge in [0, 0.05) is 12.5 Å². The van der Waals surface area contributed by atoms with Crippen LogP contribution in [0.1, 0.15) is 57.2 Å². The molecule has 1 aliphatic rings. The minimum Gasteiger partial charge on any atom is -0.317 e. The summed E-state index contributed by atoms with van der Waals surface area (Å²) < 4.78 is 2.33. The van der Waals surface area contributed by atoms with Crippen molar-refractivity contribution in [2.75, 3.05) is 13.1 Å². The number of rotatable bonds is 4. The summed E-state index contributed by atoms with van der Waals surface area (Å²) in [7, 11) is 0. The van der Waals surface area contributed by atoms with Crippen LogP contribution in [-0.2, 0) is 6.42 Å². The van der Waals surface area contributed by atoms with E-state index in [1.54, 1.807) is 0 Å². The SMILES string of the molecule is CCC(C)n1c(C)nnc1CC1CCCNCC1. The van der Waals surface area contributed by atoms with Crippen LogP contribution in [0.4, 0.5) is 0 Å². The van der Waals surface area contributed by atoms with E-state index >= 15 is 0 Å². The third-order valence-corrected chi connectivity index (χ3v) is 4.14. The first-order chi connectivity index (χ1) is 8.72. The van der Waals surface area contributed by atoms with Crippen LogP contribution >= 0.6 is 0 Å². The summed E-state index contributed by atoms with van der Waals surface area (Å²) in [6, 6.07) is 0.513. The maximum atomic E-state index is 4.40. The van der Waals surface area contributed by atoms with Gasteiger partial charge in [-0.1, -0.05) is 6.92 Å². The molecule has 2 unspecified atom stereocenters. The zero-order valence-electron chi connectivity index (χ0n) is 11.9. The van der Waals surface area contributed by atoms with Crippen LogP contribution in [0.2, 0.25) is 0 Å². The van der Waals surface area contributed by atoms with E-state index in [4.69, 9.17) is 0 Å². The minimum absolute atomic E-state index is 0.513. The Morgan fingerprint density at radius 3 is 2.94 bits per heavy atom. The predicted octanol–water partition coefficient (Wildman–Crippen LogP) is 2.49. The van der Waals surface area contributed by atoms with Crippen LogP contribution < -0.4 is 5.32 Å². The second-order valence-electron chi connectivity index (χ2n) is 5.54. The third kappa shape index (κ3) is 3.10. The highest BCUT2D eigenvalue weighted by atomic mass is 15.3. The lowest BCUT2D eigenvalue weighted by Crippen LogP contribution is -2.16. The number of hydrogen-bond donors (Lipinski definition) is 1. The molecule has 102 valence electrons. The summed E-state index contributed by atoms with van der Waals surface area (Å²) in [6.07, 6.45) is 6.11. The Hall–Kier alpha value is -0.900. The maximum absolute atomic E-state index is 4.40. The zero-order chi connectivity index (χ0) is 13.0. The van der Waals surface area contributed by atoms with Crippen molar-refractivity contribution in [1.29, 1.82) is 0 Å². The number of nitrogens with one attached hydrogen (secondary N) is 1. The molecule has 2 heterocycles. The molecule has 1 aliphatic heterocycles. The van der Waals surface area contributed by atoms with Gasteiger partial charge in [-0.05, 0) is 58.5 Å². The summed E-state index contributed by atoms with van der Waals surface area (Å²) in [5.41, 5.74) is 0. The van der Waals surface area contributed by atoms with Crippen molar-refractivity contribution in [3.8, 4) is 0 Å². The molecule has 1 aromatic heterocycles. The molecule has 0 aromatic carbocycles. The monoisotopic (exact) mass is 250 g/mol. The van der Waals surface area contributed by atoms with E-state index in [1.807, 2.05) is 0 Å². The van der Waals surface area contributed by atoms with Crippen LogP contribution in [0, 0.1) is 12.8 Å². The Kier molecular flexibility index (Phi) is 4.75. The van der Waals surface area contributed by atoms with Crippen LogP contribution in [0.25, 0.3) is 0 Å². The van der Waals surface area contributed by atoms with Gasteiger partial charge in [0.25, 0.3) is 0 Å². The van der Waals surface area contributed by atoms with Gasteiger partial charge in [-0.2, -0.15) is 0 Å². The second kappa shape index (κ2) is 6.32. The van der Waals surface area contributed by atoms with Gasteiger partial charge in [0.2, 0.25) is 0 Å². The highest BCUT2D eigenvalue weighted by Gasteiger charge is 2.19. The lowest BCUT2D eigenvalue weighted by atomic mass is 9.96. The molecule has 1 saturated heterocycles. The number of aromatic nitrogens is 3. The van der Waals surface area contributed by atoms with Crippen molar-refractivity contribution in [1.82, 2.24) is 20.1 Å². The molecular formula is C14H26N4. The Morgan fingerprint density at radius 1 is 1.33 bits per heavy atom. The number of aryl methyl sites for hydroxylation is 1. The van der Waals surface area contributed by atoms with Gasteiger partial charge in [-0.15, -0.1) is 10.2 Å². The van der Waals surface area contributed by atoms with Gasteiger partial charge >= 0.3 is 0 Å². The van der Waals surface area contributed by atoms with Gasteiger partial charge < -0.3 is 9.88 Å². The standard InChI is InChI=1S/C14H26N4/c1-4-11(2)18-12(3)16-17-14(18)10-13-6-5-8-15-9-7-13/h11,13,15H,4-10H2,1-3H3. The highest BCUT2D eigenvalue weighted by Crippen LogP contribution is 2.22. The fraction of sp³-hybridized carbons (Fsp3) is 0.857. The molecule has 1 aromatic rings. The first-order valence-electron chi connectivity index (χ1n) is 7.33. The molecule has 4 nitrogen and oxygen atoms in total. The molecule has 1 N–H and O–H groups in total. The molecule has 0 aliphatic carbocycles. The van der Waals surface area contributed by atoms with Crippen LogP contribution in [0.5, 0.6) is 0 Å². The molecule has 0 spiro atoms. The van der Waals surface area contributed by atoms with Gasteiger partial charge in [-0.25, -0.2) is 0 Å². The zero-order valence-corrected chi connectivity index (χ0v) is 11.9. The largest absolute Gasteiger partial charge is 0.317 e. The quantitative estimate of drug-likeness (QED) is 0.892. The van der Waals surface area contributed by atoms with Crippen LogP contribution in [0.3, 0.4) is 0 Å². The second-order valence-corrected chi connectivity index (χ2v) is 5.54. The lowest BCUT2D eigenvalue weighted by molar-refractivity contribution is 0.427. The number of hydrogen-bond acceptors (Lipinski definition) is 3. The van der Waals surface area contributed by atoms with Crippen molar-refractivity contribution >= 4 is 0 Å². The molecule has 18 heavy (non-hydrogen) atoms. The van der Waals surface area contributed by atoms with E-state index < -0.39 is 0 Å². The van der Waals surface area contributed by atoms with Crippen LogP contribution in [-0.4, -0.2) is 27.9 Å². The lowest BCUT2D eigenvalue weighted by Gasteiger charge is -2.18. The summed E-state index contributed by atoms with van der Waals surface area (Å²) in [5.74, 6) is 3.02. The molecule has 0 saturated carbocycles. The van der Waals surface area contributed by atoms with Gasteiger partial charge in [0.15, 0.2) is 0 Å². The first kappa shape index (κ1) is 13.5. The Labute approximate surface area is 110 Å². The molecule has 4 heteroatoms. The van der Waals surface area contributed by atoms with Crippen molar-refractivity contribution in [3.63, 3.8) is 0 Å².